The van der Waals surface area contributed by atoms with Gasteiger partial charge in [-0.1, -0.05) is 0 Å². The van der Waals surface area contributed by atoms with Crippen LogP contribution in [0.15, 0.2) is 10.2 Å². The van der Waals surface area contributed by atoms with Crippen LogP contribution in [0.3, 0.4) is 0 Å². The lowest BCUT2D eigenvalue weighted by Crippen LogP contribution is -2.07. The molecular formula is C10H13N7O2S. The van der Waals surface area contributed by atoms with Gasteiger partial charge in [-0.15, -0.1) is 5.10 Å². The Morgan fingerprint density at radius 3 is 2.65 bits per heavy atom. The monoisotopic (exact) mass is 295 g/mol. The standard InChI is InChI=1S/C10H13N7O2S/c1-4-11-9-12-5(2)7(17(18)19)8(14-9)20-10-13-6(3)15-16-10/h4H2,1-3H3,(H,11,12,14)(H,13,15,16). The first-order valence-corrected chi connectivity index (χ1v) is 6.66. The third-order valence-electron chi connectivity index (χ3n) is 2.31. The Morgan fingerprint density at radius 1 is 1.35 bits per heavy atom. The van der Waals surface area contributed by atoms with Gasteiger partial charge in [-0.2, -0.15) is 4.98 Å². The molecule has 0 spiro atoms. The van der Waals surface area contributed by atoms with Crippen molar-refractivity contribution in [1.82, 2.24) is 25.1 Å². The summed E-state index contributed by atoms with van der Waals surface area (Å²) in [5.74, 6) is 0.984. The maximum atomic E-state index is 11.2. The molecule has 0 radical (unpaired) electrons. The van der Waals surface area contributed by atoms with Crippen LogP contribution in [0.25, 0.3) is 0 Å². The van der Waals surface area contributed by atoms with Crippen molar-refractivity contribution in [3.8, 4) is 0 Å². The maximum Gasteiger partial charge on any atom is 0.322 e. The molecule has 10 heteroatoms. The fourth-order valence-corrected chi connectivity index (χ4v) is 2.41. The number of nitrogens with one attached hydrogen (secondary N) is 2. The van der Waals surface area contributed by atoms with Gasteiger partial charge in [0, 0.05) is 6.54 Å². The van der Waals surface area contributed by atoms with E-state index in [0.717, 1.165) is 11.8 Å². The molecule has 2 aromatic rings. The molecule has 2 rings (SSSR count). The predicted octanol–water partition coefficient (Wildman–Crippen LogP) is 1.70. The Hall–Kier alpha value is -2.23. The molecule has 2 N–H and O–H groups in total. The lowest BCUT2D eigenvalue weighted by molar-refractivity contribution is -0.389. The Kier molecular flexibility index (Phi) is 4.13. The third kappa shape index (κ3) is 3.02. The molecule has 0 bridgehead atoms. The molecular weight excluding hydrogens is 282 g/mol. The summed E-state index contributed by atoms with van der Waals surface area (Å²) in [4.78, 5) is 23.0. The van der Waals surface area contributed by atoms with Crippen molar-refractivity contribution in [2.75, 3.05) is 11.9 Å². The molecule has 20 heavy (non-hydrogen) atoms. The lowest BCUT2D eigenvalue weighted by Gasteiger charge is -2.06. The summed E-state index contributed by atoms with van der Waals surface area (Å²) in [7, 11) is 0. The number of anilines is 1. The Balaban J connectivity index is 2.44. The molecule has 0 aliphatic rings. The lowest BCUT2D eigenvalue weighted by atomic mass is 10.4. The van der Waals surface area contributed by atoms with E-state index in [1.807, 2.05) is 6.92 Å². The summed E-state index contributed by atoms with van der Waals surface area (Å²) in [6.45, 7) is 5.85. The molecule has 0 saturated heterocycles. The number of rotatable bonds is 5. The maximum absolute atomic E-state index is 11.2. The van der Waals surface area contributed by atoms with Gasteiger partial charge in [-0.25, -0.2) is 9.97 Å². The first-order chi connectivity index (χ1) is 9.51. The second-order valence-corrected chi connectivity index (χ2v) is 4.84. The van der Waals surface area contributed by atoms with Crippen LogP contribution >= 0.6 is 11.8 Å². The topological polar surface area (TPSA) is 123 Å². The first-order valence-electron chi connectivity index (χ1n) is 5.85. The third-order valence-corrected chi connectivity index (χ3v) is 3.15. The number of nitro groups is 1. The van der Waals surface area contributed by atoms with Crippen LogP contribution in [0, 0.1) is 24.0 Å². The first kappa shape index (κ1) is 14.2. The van der Waals surface area contributed by atoms with Crippen molar-refractivity contribution in [3.05, 3.63) is 21.6 Å². The molecule has 0 aliphatic heterocycles. The average Bonchev–Trinajstić information content (AvgIpc) is 2.74. The normalized spacial score (nSPS) is 10.6. The van der Waals surface area contributed by atoms with Crippen molar-refractivity contribution in [3.63, 3.8) is 0 Å². The smallest absolute Gasteiger partial charge is 0.322 e. The van der Waals surface area contributed by atoms with Crippen molar-refractivity contribution < 1.29 is 4.92 Å². The SMILES string of the molecule is CCNc1nc(C)c([N+](=O)[O-])c(Sc2n[nH]c(C)n2)n1. The summed E-state index contributed by atoms with van der Waals surface area (Å²) >= 11 is 1.03. The Labute approximate surface area is 118 Å². The van der Waals surface area contributed by atoms with Crippen LogP contribution < -0.4 is 5.32 Å². The molecule has 0 atom stereocenters. The zero-order valence-corrected chi connectivity index (χ0v) is 12.0. The highest BCUT2D eigenvalue weighted by Crippen LogP contribution is 2.33. The van der Waals surface area contributed by atoms with Crippen LogP contribution in [0.1, 0.15) is 18.4 Å². The van der Waals surface area contributed by atoms with Crippen molar-refractivity contribution in [1.29, 1.82) is 0 Å². The summed E-state index contributed by atoms with van der Waals surface area (Å²) in [5, 5.41) is 21.3. The number of hydrogen-bond acceptors (Lipinski definition) is 8. The van der Waals surface area contributed by atoms with Gasteiger partial charge in [0.25, 0.3) is 0 Å². The minimum absolute atomic E-state index is 0.126. The second kappa shape index (κ2) is 5.82. The zero-order valence-electron chi connectivity index (χ0n) is 11.2. The minimum atomic E-state index is -0.493. The Bertz CT molecular complexity index is 643. The molecule has 0 aromatic carbocycles. The number of aromatic nitrogens is 5. The second-order valence-electron chi connectivity index (χ2n) is 3.88. The molecule has 106 valence electrons. The molecule has 0 amide bonds. The number of aryl methyl sites for hydroxylation is 2. The van der Waals surface area contributed by atoms with Crippen molar-refractivity contribution in [2.24, 2.45) is 0 Å². The molecule has 2 aromatic heterocycles. The molecule has 0 saturated carbocycles. The highest BCUT2D eigenvalue weighted by molar-refractivity contribution is 7.99. The summed E-state index contributed by atoms with van der Waals surface area (Å²) in [6, 6.07) is 0. The fourth-order valence-electron chi connectivity index (χ4n) is 1.51. The van der Waals surface area contributed by atoms with Crippen molar-refractivity contribution in [2.45, 2.75) is 31.0 Å². The van der Waals surface area contributed by atoms with Crippen LogP contribution in [0.5, 0.6) is 0 Å². The van der Waals surface area contributed by atoms with Gasteiger partial charge in [0.15, 0.2) is 5.03 Å². The zero-order chi connectivity index (χ0) is 14.7. The van der Waals surface area contributed by atoms with E-state index in [0.29, 0.717) is 29.2 Å². The fraction of sp³-hybridized carbons (Fsp3) is 0.400. The van der Waals surface area contributed by atoms with E-state index in [-0.39, 0.29) is 10.7 Å². The molecule has 2 heterocycles. The highest BCUT2D eigenvalue weighted by Gasteiger charge is 2.24. The summed E-state index contributed by atoms with van der Waals surface area (Å²) in [6.07, 6.45) is 0. The number of hydrogen-bond donors (Lipinski definition) is 2. The van der Waals surface area contributed by atoms with E-state index in [1.165, 1.54) is 0 Å². The molecule has 0 aliphatic carbocycles. The Morgan fingerprint density at radius 2 is 2.10 bits per heavy atom. The minimum Gasteiger partial charge on any atom is -0.354 e. The number of nitrogens with zero attached hydrogens (tertiary/aromatic N) is 5. The molecule has 9 nitrogen and oxygen atoms in total. The van der Waals surface area contributed by atoms with E-state index in [1.54, 1.807) is 13.8 Å². The van der Waals surface area contributed by atoms with Gasteiger partial charge < -0.3 is 5.32 Å². The number of aromatic amines is 1. The van der Waals surface area contributed by atoms with Crippen LogP contribution in [-0.2, 0) is 0 Å². The quantitative estimate of drug-likeness (QED) is 0.485. The number of H-pyrrole nitrogens is 1. The van der Waals surface area contributed by atoms with E-state index in [2.05, 4.69) is 30.5 Å². The van der Waals surface area contributed by atoms with Gasteiger partial charge >= 0.3 is 5.69 Å². The van der Waals surface area contributed by atoms with E-state index in [4.69, 9.17) is 0 Å². The van der Waals surface area contributed by atoms with Gasteiger partial charge in [0.2, 0.25) is 11.1 Å². The van der Waals surface area contributed by atoms with Gasteiger partial charge in [0.1, 0.15) is 11.5 Å². The predicted molar refractivity (Wildman–Crippen MR) is 72.8 cm³/mol. The average molecular weight is 295 g/mol. The summed E-state index contributed by atoms with van der Waals surface area (Å²) in [5.41, 5.74) is 0.176. The van der Waals surface area contributed by atoms with Gasteiger partial charge in [-0.05, 0) is 32.5 Å². The molecule has 0 fully saturated rings. The van der Waals surface area contributed by atoms with Crippen molar-refractivity contribution >= 4 is 23.4 Å². The van der Waals surface area contributed by atoms with Crippen LogP contribution in [0.2, 0.25) is 0 Å². The van der Waals surface area contributed by atoms with Crippen LogP contribution in [0.4, 0.5) is 11.6 Å². The van der Waals surface area contributed by atoms with E-state index in [9.17, 15) is 10.1 Å². The van der Waals surface area contributed by atoms with Gasteiger partial charge in [-0.3, -0.25) is 15.2 Å². The van der Waals surface area contributed by atoms with Gasteiger partial charge in [0.05, 0.1) is 4.92 Å². The largest absolute Gasteiger partial charge is 0.354 e. The molecule has 0 unspecified atom stereocenters. The van der Waals surface area contributed by atoms with E-state index >= 15 is 0 Å². The van der Waals surface area contributed by atoms with Crippen LogP contribution in [-0.4, -0.2) is 36.6 Å². The highest BCUT2D eigenvalue weighted by atomic mass is 32.2. The summed E-state index contributed by atoms with van der Waals surface area (Å²) < 4.78 is 0. The van der Waals surface area contributed by atoms with E-state index < -0.39 is 4.92 Å².